The van der Waals surface area contributed by atoms with E-state index in [9.17, 15) is 14.7 Å². The fraction of sp³-hybridized carbons (Fsp3) is 0.529. The number of carboxylic acid groups (broad SMARTS) is 1. The van der Waals surface area contributed by atoms with Crippen LogP contribution in [-0.2, 0) is 9.59 Å². The molecule has 1 aromatic carbocycles. The third kappa shape index (κ3) is 2.80. The number of nitrogens with zero attached hydrogens (tertiary/aromatic N) is 1. The largest absolute Gasteiger partial charge is 0.481 e. The minimum atomic E-state index is -0.812. The molecule has 0 bridgehead atoms. The second kappa shape index (κ2) is 5.51. The molecule has 1 saturated carbocycles. The minimum absolute atomic E-state index is 0.0371. The van der Waals surface area contributed by atoms with Crippen LogP contribution in [-0.4, -0.2) is 28.9 Å². The molecule has 1 N–H and O–H groups in total. The van der Waals surface area contributed by atoms with Crippen LogP contribution < -0.4 is 0 Å². The zero-order chi connectivity index (χ0) is 15.0. The maximum absolute atomic E-state index is 12.1. The summed E-state index contributed by atoms with van der Waals surface area (Å²) in [6, 6.07) is 7.84. The number of benzene rings is 1. The molecule has 112 valence electrons. The Balaban J connectivity index is 1.92. The van der Waals surface area contributed by atoms with Crippen LogP contribution in [0.15, 0.2) is 24.3 Å². The summed E-state index contributed by atoms with van der Waals surface area (Å²) in [5.41, 5.74) is 2.26. The van der Waals surface area contributed by atoms with Gasteiger partial charge in [-0.15, -0.1) is 0 Å². The van der Waals surface area contributed by atoms with Crippen LogP contribution in [0.3, 0.4) is 0 Å². The highest BCUT2D eigenvalue weighted by molar-refractivity contribution is 5.79. The fourth-order valence-corrected chi connectivity index (χ4v) is 3.33. The van der Waals surface area contributed by atoms with Crippen LogP contribution in [0.25, 0.3) is 0 Å². The Morgan fingerprint density at radius 3 is 2.33 bits per heavy atom. The Bertz CT molecular complexity index is 548. The molecule has 4 nitrogen and oxygen atoms in total. The molecule has 1 amide bonds. The van der Waals surface area contributed by atoms with Crippen molar-refractivity contribution in [2.45, 2.75) is 44.1 Å². The highest BCUT2D eigenvalue weighted by Gasteiger charge is 2.37. The maximum Gasteiger partial charge on any atom is 0.308 e. The van der Waals surface area contributed by atoms with Gasteiger partial charge in [-0.1, -0.05) is 24.3 Å². The number of carbonyl (C=O) groups is 2. The van der Waals surface area contributed by atoms with Gasteiger partial charge in [-0.05, 0) is 42.7 Å². The van der Waals surface area contributed by atoms with Crippen molar-refractivity contribution in [3.8, 4) is 0 Å². The van der Waals surface area contributed by atoms with Crippen molar-refractivity contribution in [2.24, 2.45) is 5.92 Å². The summed E-state index contributed by atoms with van der Waals surface area (Å²) < 4.78 is 0. The monoisotopic (exact) mass is 287 g/mol. The van der Waals surface area contributed by atoms with Crippen molar-refractivity contribution in [1.29, 1.82) is 0 Å². The highest BCUT2D eigenvalue weighted by atomic mass is 16.4. The average molecular weight is 287 g/mol. The van der Waals surface area contributed by atoms with Crippen molar-refractivity contribution in [3.63, 3.8) is 0 Å². The third-order valence-electron chi connectivity index (χ3n) is 4.74. The summed E-state index contributed by atoms with van der Waals surface area (Å²) in [5, 5.41) is 9.51. The SMILES string of the molecule is CN1C(=O)CCCC(C(=O)O)C1c1ccc(C2CC2)cc1. The van der Waals surface area contributed by atoms with Crippen LogP contribution in [0.2, 0.25) is 0 Å². The second-order valence-corrected chi connectivity index (χ2v) is 6.23. The Labute approximate surface area is 124 Å². The van der Waals surface area contributed by atoms with E-state index in [2.05, 4.69) is 12.1 Å². The summed E-state index contributed by atoms with van der Waals surface area (Å²) in [7, 11) is 1.73. The Hall–Kier alpha value is -1.84. The minimum Gasteiger partial charge on any atom is -0.481 e. The second-order valence-electron chi connectivity index (χ2n) is 6.23. The van der Waals surface area contributed by atoms with Gasteiger partial charge in [0.1, 0.15) is 0 Å². The molecule has 1 heterocycles. The van der Waals surface area contributed by atoms with E-state index in [-0.39, 0.29) is 11.9 Å². The Morgan fingerprint density at radius 2 is 1.76 bits per heavy atom. The topological polar surface area (TPSA) is 57.6 Å². The average Bonchev–Trinajstić information content (AvgIpc) is 3.30. The van der Waals surface area contributed by atoms with Gasteiger partial charge in [-0.2, -0.15) is 0 Å². The molecule has 1 saturated heterocycles. The standard InChI is InChI=1S/C17H21NO3/c1-18-15(19)4-2-3-14(17(20)21)16(18)13-9-7-12(8-10-13)11-5-6-11/h7-11,14,16H,2-6H2,1H3,(H,20,21). The van der Waals surface area contributed by atoms with Crippen molar-refractivity contribution in [3.05, 3.63) is 35.4 Å². The smallest absolute Gasteiger partial charge is 0.308 e. The van der Waals surface area contributed by atoms with E-state index < -0.39 is 11.9 Å². The van der Waals surface area contributed by atoms with E-state index in [1.807, 2.05) is 12.1 Å². The third-order valence-corrected chi connectivity index (χ3v) is 4.74. The number of aliphatic carboxylic acids is 1. The van der Waals surface area contributed by atoms with Gasteiger partial charge in [0.05, 0.1) is 12.0 Å². The normalized spacial score (nSPS) is 26.5. The first-order valence-corrected chi connectivity index (χ1v) is 7.66. The molecule has 0 aromatic heterocycles. The number of rotatable bonds is 3. The van der Waals surface area contributed by atoms with E-state index in [4.69, 9.17) is 0 Å². The lowest BCUT2D eigenvalue weighted by molar-refractivity contribution is -0.145. The molecule has 3 rings (SSSR count). The highest BCUT2D eigenvalue weighted by Crippen LogP contribution is 2.41. The van der Waals surface area contributed by atoms with Gasteiger partial charge >= 0.3 is 5.97 Å². The first-order valence-electron chi connectivity index (χ1n) is 7.66. The summed E-state index contributed by atoms with van der Waals surface area (Å²) in [5.74, 6) is -0.612. The van der Waals surface area contributed by atoms with Gasteiger partial charge in [0.15, 0.2) is 0 Å². The number of amides is 1. The van der Waals surface area contributed by atoms with Gasteiger partial charge in [0, 0.05) is 13.5 Å². The van der Waals surface area contributed by atoms with Crippen molar-refractivity contribution >= 4 is 11.9 Å². The predicted octanol–water partition coefficient (Wildman–Crippen LogP) is 2.95. The quantitative estimate of drug-likeness (QED) is 0.930. The Morgan fingerprint density at radius 1 is 1.14 bits per heavy atom. The van der Waals surface area contributed by atoms with Crippen LogP contribution in [0, 0.1) is 5.92 Å². The molecule has 4 heteroatoms. The fourth-order valence-electron chi connectivity index (χ4n) is 3.33. The Kier molecular flexibility index (Phi) is 3.70. The number of likely N-dealkylation sites (tertiary alicyclic amines) is 1. The molecular weight excluding hydrogens is 266 g/mol. The molecule has 2 unspecified atom stereocenters. The van der Waals surface area contributed by atoms with E-state index in [0.29, 0.717) is 25.2 Å². The van der Waals surface area contributed by atoms with Gasteiger partial charge in [0.25, 0.3) is 0 Å². The van der Waals surface area contributed by atoms with E-state index in [1.165, 1.54) is 18.4 Å². The molecule has 1 aliphatic heterocycles. The first-order chi connectivity index (χ1) is 10.1. The molecule has 21 heavy (non-hydrogen) atoms. The molecule has 1 aliphatic carbocycles. The lowest BCUT2D eigenvalue weighted by Crippen LogP contribution is -2.36. The van der Waals surface area contributed by atoms with Gasteiger partial charge in [0.2, 0.25) is 5.91 Å². The van der Waals surface area contributed by atoms with Crippen molar-refractivity contribution in [1.82, 2.24) is 4.90 Å². The van der Waals surface area contributed by atoms with Crippen LogP contribution >= 0.6 is 0 Å². The number of carbonyl (C=O) groups excluding carboxylic acids is 1. The molecule has 0 spiro atoms. The summed E-state index contributed by atoms with van der Waals surface area (Å²) in [6.07, 6.45) is 4.14. The van der Waals surface area contributed by atoms with Crippen molar-refractivity contribution < 1.29 is 14.7 Å². The van der Waals surface area contributed by atoms with Crippen LogP contribution in [0.4, 0.5) is 0 Å². The zero-order valence-electron chi connectivity index (χ0n) is 12.3. The number of carboxylic acids is 1. The summed E-state index contributed by atoms with van der Waals surface area (Å²) >= 11 is 0. The zero-order valence-corrected chi connectivity index (χ0v) is 12.3. The van der Waals surface area contributed by atoms with E-state index >= 15 is 0 Å². The maximum atomic E-state index is 12.1. The molecular formula is C17H21NO3. The predicted molar refractivity (Wildman–Crippen MR) is 78.9 cm³/mol. The van der Waals surface area contributed by atoms with E-state index in [0.717, 1.165) is 5.56 Å². The molecule has 2 fully saturated rings. The number of hydrogen-bond donors (Lipinski definition) is 1. The van der Waals surface area contributed by atoms with Gasteiger partial charge < -0.3 is 10.0 Å². The number of hydrogen-bond acceptors (Lipinski definition) is 2. The summed E-state index contributed by atoms with van der Waals surface area (Å²) in [4.78, 5) is 25.3. The molecule has 0 radical (unpaired) electrons. The summed E-state index contributed by atoms with van der Waals surface area (Å²) in [6.45, 7) is 0. The first kappa shape index (κ1) is 14.1. The van der Waals surface area contributed by atoms with Crippen molar-refractivity contribution in [2.75, 3.05) is 7.05 Å². The van der Waals surface area contributed by atoms with E-state index in [1.54, 1.807) is 11.9 Å². The lowest BCUT2D eigenvalue weighted by Gasteiger charge is -2.30. The molecule has 2 atom stereocenters. The molecule has 1 aromatic rings. The molecule has 2 aliphatic rings. The lowest BCUT2D eigenvalue weighted by atomic mass is 9.89. The van der Waals surface area contributed by atoms with Gasteiger partial charge in [-0.25, -0.2) is 0 Å². The van der Waals surface area contributed by atoms with Gasteiger partial charge in [-0.3, -0.25) is 9.59 Å². The van der Waals surface area contributed by atoms with Crippen LogP contribution in [0.1, 0.15) is 55.2 Å². The van der Waals surface area contributed by atoms with Crippen LogP contribution in [0.5, 0.6) is 0 Å².